The Morgan fingerprint density at radius 1 is 1.04 bits per heavy atom. The average Bonchev–Trinajstić information content (AvgIpc) is 3.08. The highest BCUT2D eigenvalue weighted by Gasteiger charge is 1.89. The summed E-state index contributed by atoms with van der Waals surface area (Å²) >= 11 is 0. The molecule has 24 heavy (non-hydrogen) atoms. The van der Waals surface area contributed by atoms with Gasteiger partial charge >= 0.3 is 0 Å². The molecule has 0 atom stereocenters. The molecule has 0 spiro atoms. The number of rotatable bonds is 5. The van der Waals surface area contributed by atoms with Crippen molar-refractivity contribution in [1.82, 2.24) is 0 Å². The van der Waals surface area contributed by atoms with Crippen molar-refractivity contribution in [2.45, 2.75) is 67.2 Å². The van der Waals surface area contributed by atoms with Crippen LogP contribution in [-0.2, 0) is 0 Å². The maximum Gasteiger partial charge on any atom is 0.185 e. The van der Waals surface area contributed by atoms with Gasteiger partial charge in [0.25, 0.3) is 0 Å². The molecule has 1 aliphatic rings. The Kier molecular flexibility index (Phi) is 42.1. The number of unbranched alkanes of at least 4 members (excludes halogenated alkanes) is 1. The molecule has 0 radical (unpaired) electrons. The van der Waals surface area contributed by atoms with E-state index >= 15 is 0 Å². The maximum atomic E-state index is 5.14. The second-order valence-corrected chi connectivity index (χ2v) is 4.56. The van der Waals surface area contributed by atoms with E-state index in [-0.39, 0.29) is 5.96 Å². The van der Waals surface area contributed by atoms with Gasteiger partial charge in [0.2, 0.25) is 0 Å². The van der Waals surface area contributed by atoms with Crippen LogP contribution in [0, 0.1) is 0 Å². The Balaban J connectivity index is -0.000000109. The Bertz CT molecular complexity index is 279. The van der Waals surface area contributed by atoms with Gasteiger partial charge in [0, 0.05) is 12.3 Å². The van der Waals surface area contributed by atoms with E-state index in [1.165, 1.54) is 12.8 Å². The topological polar surface area (TPSA) is 141 Å². The van der Waals surface area contributed by atoms with Crippen LogP contribution < -0.4 is 22.9 Å². The number of guanidine groups is 1. The van der Waals surface area contributed by atoms with Crippen LogP contribution in [0.1, 0.15) is 67.2 Å². The largest absolute Gasteiger partial charge is 0.370 e. The fourth-order valence-corrected chi connectivity index (χ4v) is 0.798. The first-order valence-corrected chi connectivity index (χ1v) is 8.96. The van der Waals surface area contributed by atoms with Crippen LogP contribution in [0.3, 0.4) is 0 Å². The number of nitrogens with zero attached hydrogens (tertiary/aromatic N) is 3. The van der Waals surface area contributed by atoms with E-state index < -0.39 is 0 Å². The predicted octanol–water partition coefficient (Wildman–Crippen LogP) is 2.29. The zero-order valence-electron chi connectivity index (χ0n) is 16.9. The van der Waals surface area contributed by atoms with E-state index in [9.17, 15) is 0 Å². The van der Waals surface area contributed by atoms with Crippen LogP contribution >= 0.6 is 0 Å². The van der Waals surface area contributed by atoms with Crippen molar-refractivity contribution in [3.63, 3.8) is 0 Å². The summed E-state index contributed by atoms with van der Waals surface area (Å²) < 4.78 is 0. The molecular weight excluding hydrogens is 302 g/mol. The van der Waals surface area contributed by atoms with E-state index in [1.807, 2.05) is 27.7 Å². The molecule has 0 aromatic rings. The summed E-state index contributed by atoms with van der Waals surface area (Å²) in [5, 5.41) is 0. The molecule has 7 nitrogen and oxygen atoms in total. The minimum Gasteiger partial charge on any atom is -0.370 e. The molecule has 0 aromatic carbocycles. The smallest absolute Gasteiger partial charge is 0.185 e. The number of aliphatic imine (C=N–C) groups is 3. The third-order valence-corrected chi connectivity index (χ3v) is 2.04. The molecule has 0 aliphatic carbocycles. The van der Waals surface area contributed by atoms with Crippen LogP contribution in [0.25, 0.3) is 0 Å². The quantitative estimate of drug-likeness (QED) is 0.448. The van der Waals surface area contributed by atoms with Crippen LogP contribution in [0.5, 0.6) is 0 Å². The molecule has 0 saturated heterocycles. The molecule has 1 heterocycles. The van der Waals surface area contributed by atoms with Crippen molar-refractivity contribution in [2.24, 2.45) is 37.9 Å². The molecular formula is C17H43N7. The monoisotopic (exact) mass is 345 g/mol. The van der Waals surface area contributed by atoms with Gasteiger partial charge in [0.1, 0.15) is 6.34 Å². The van der Waals surface area contributed by atoms with Crippen LogP contribution in [-0.4, -0.2) is 44.2 Å². The van der Waals surface area contributed by atoms with Crippen LogP contribution in [0.15, 0.2) is 15.0 Å². The van der Waals surface area contributed by atoms with Gasteiger partial charge in [-0.1, -0.05) is 41.0 Å². The van der Waals surface area contributed by atoms with E-state index in [2.05, 4.69) is 28.8 Å². The molecule has 0 unspecified atom stereocenters. The highest BCUT2D eigenvalue weighted by molar-refractivity contribution is 5.94. The van der Waals surface area contributed by atoms with Crippen LogP contribution in [0.2, 0.25) is 0 Å². The van der Waals surface area contributed by atoms with Crippen molar-refractivity contribution in [3.8, 4) is 0 Å². The highest BCUT2D eigenvalue weighted by Crippen LogP contribution is 1.83. The average molecular weight is 346 g/mol. The fourth-order valence-electron chi connectivity index (χ4n) is 0.798. The van der Waals surface area contributed by atoms with Gasteiger partial charge in [-0.05, 0) is 39.3 Å². The Morgan fingerprint density at radius 2 is 1.58 bits per heavy atom. The van der Waals surface area contributed by atoms with Gasteiger partial charge in [0.15, 0.2) is 5.96 Å². The molecule has 7 heteroatoms. The standard InChI is InChI=1S/C4H11N3.C4H6N2.C4H11N.C3H9N.C2H6/c1-2-3-7-4(5)6;1-4-2-5-3-6-4;1-2-3-4-5;1-2-3-4;1-2/h2-3H2,1H3,(H4,5,6,7);3H,2H2,1H3;2-5H2,1H3;2-4H2,1H3;1-2H3. The minimum atomic E-state index is 0.182. The van der Waals surface area contributed by atoms with Gasteiger partial charge in [-0.2, -0.15) is 0 Å². The van der Waals surface area contributed by atoms with Crippen LogP contribution in [0.4, 0.5) is 0 Å². The Labute approximate surface area is 150 Å². The van der Waals surface area contributed by atoms with Gasteiger partial charge in [0.05, 0.1) is 6.54 Å². The number of hydrogen-bond donors (Lipinski definition) is 4. The number of nitrogens with two attached hydrogens (primary N) is 4. The Morgan fingerprint density at radius 3 is 1.67 bits per heavy atom. The molecule has 0 aromatic heterocycles. The lowest BCUT2D eigenvalue weighted by Gasteiger charge is -1.86. The van der Waals surface area contributed by atoms with E-state index in [0.29, 0.717) is 0 Å². The molecule has 8 N–H and O–H groups in total. The lowest BCUT2D eigenvalue weighted by Crippen LogP contribution is -2.22. The summed E-state index contributed by atoms with van der Waals surface area (Å²) in [6.07, 6.45) is 6.07. The van der Waals surface area contributed by atoms with Gasteiger partial charge in [-0.25, -0.2) is 4.99 Å². The second kappa shape index (κ2) is 33.2. The molecule has 0 saturated carbocycles. The third kappa shape index (κ3) is 49.9. The lowest BCUT2D eigenvalue weighted by atomic mass is 10.3. The first-order valence-electron chi connectivity index (χ1n) is 8.96. The molecule has 0 fully saturated rings. The summed E-state index contributed by atoms with van der Waals surface area (Å²) in [4.78, 5) is 11.4. The van der Waals surface area contributed by atoms with Crippen molar-refractivity contribution >= 4 is 18.0 Å². The van der Waals surface area contributed by atoms with Crippen molar-refractivity contribution in [1.29, 1.82) is 0 Å². The molecule has 0 amide bonds. The molecule has 1 aliphatic heterocycles. The maximum absolute atomic E-state index is 5.14. The zero-order chi connectivity index (χ0) is 19.6. The highest BCUT2D eigenvalue weighted by atomic mass is 15.0. The third-order valence-electron chi connectivity index (χ3n) is 2.04. The van der Waals surface area contributed by atoms with Crippen molar-refractivity contribution in [2.75, 3.05) is 26.2 Å². The summed E-state index contributed by atoms with van der Waals surface area (Å²) in [6, 6.07) is 0. The first-order chi connectivity index (χ1) is 11.5. The fraction of sp³-hybridized carbons (Fsp3) is 0.824. The molecule has 0 bridgehead atoms. The van der Waals surface area contributed by atoms with Gasteiger partial charge in [-0.3, -0.25) is 9.98 Å². The normalized spacial score (nSPS) is 10.2. The first kappa shape index (κ1) is 30.4. The molecule has 146 valence electrons. The van der Waals surface area contributed by atoms with E-state index in [0.717, 1.165) is 44.7 Å². The minimum absolute atomic E-state index is 0.182. The summed E-state index contributed by atoms with van der Waals surface area (Å²) in [6.45, 7) is 15.4. The zero-order valence-corrected chi connectivity index (χ0v) is 16.9. The van der Waals surface area contributed by atoms with Gasteiger partial charge in [-0.15, -0.1) is 0 Å². The summed E-state index contributed by atoms with van der Waals surface area (Å²) in [5.41, 5.74) is 21.3. The molecule has 1 rings (SSSR count). The van der Waals surface area contributed by atoms with E-state index in [4.69, 9.17) is 22.9 Å². The SMILES string of the molecule is CC.CC1=NC=NC1.CCCCN.CCCN.CCCN=C(N)N. The van der Waals surface area contributed by atoms with Crippen molar-refractivity contribution in [3.05, 3.63) is 0 Å². The van der Waals surface area contributed by atoms with E-state index in [1.54, 1.807) is 6.34 Å². The Hall–Kier alpha value is -1.47. The summed E-state index contributed by atoms with van der Waals surface area (Å²) in [5.74, 6) is 0.182. The van der Waals surface area contributed by atoms with Crippen molar-refractivity contribution < 1.29 is 0 Å². The number of hydrogen-bond acceptors (Lipinski definition) is 5. The van der Waals surface area contributed by atoms with Gasteiger partial charge < -0.3 is 22.9 Å². The lowest BCUT2D eigenvalue weighted by molar-refractivity contribution is 0.807. The second-order valence-electron chi connectivity index (χ2n) is 4.56. The predicted molar refractivity (Wildman–Crippen MR) is 112 cm³/mol. The summed E-state index contributed by atoms with van der Waals surface area (Å²) in [7, 11) is 0.